The van der Waals surface area contributed by atoms with Crippen molar-refractivity contribution in [1.29, 1.82) is 0 Å². The fraction of sp³-hybridized carbons (Fsp3) is 0.571. The number of methoxy groups -OCH3 is 1. The summed E-state index contributed by atoms with van der Waals surface area (Å²) >= 11 is 0. The first-order valence-electron chi connectivity index (χ1n) is 10.2. The molecular weight excluding hydrogens is 370 g/mol. The van der Waals surface area contributed by atoms with Gasteiger partial charge in [-0.25, -0.2) is 0 Å². The highest BCUT2D eigenvalue weighted by atomic mass is 16.5. The molecule has 0 saturated carbocycles. The lowest BCUT2D eigenvalue weighted by atomic mass is 9.78. The van der Waals surface area contributed by atoms with E-state index in [0.29, 0.717) is 31.4 Å². The quantitative estimate of drug-likeness (QED) is 0.748. The predicted molar refractivity (Wildman–Crippen MR) is 109 cm³/mol. The number of hydrogen-bond donors (Lipinski definition) is 1. The van der Waals surface area contributed by atoms with Crippen molar-refractivity contribution in [2.24, 2.45) is 13.0 Å². The minimum absolute atomic E-state index is 0.0217. The van der Waals surface area contributed by atoms with Crippen LogP contribution in [0.25, 0.3) is 0 Å². The van der Waals surface area contributed by atoms with Crippen LogP contribution in [-0.2, 0) is 23.1 Å². The van der Waals surface area contributed by atoms with Gasteiger partial charge in [-0.2, -0.15) is 5.10 Å². The first kappa shape index (κ1) is 19.8. The first-order valence-corrected chi connectivity index (χ1v) is 10.2. The van der Waals surface area contributed by atoms with Crippen LogP contribution in [0, 0.1) is 5.92 Å². The van der Waals surface area contributed by atoms with E-state index in [2.05, 4.69) is 27.4 Å². The van der Waals surface area contributed by atoms with Gasteiger partial charge in [0.1, 0.15) is 0 Å². The molecule has 156 valence electrons. The molecule has 1 amide bonds. The molecule has 0 radical (unpaired) electrons. The molecule has 0 aliphatic carbocycles. The van der Waals surface area contributed by atoms with Gasteiger partial charge in [0.05, 0.1) is 18.3 Å². The molecule has 29 heavy (non-hydrogen) atoms. The SMILES string of the molecule is COCCC(=O)NC[C@H]1[C@H]2C[C@H](CN(Cc3ccnn3C)C2)c2cccc(=O)n21. The van der Waals surface area contributed by atoms with Crippen LogP contribution < -0.4 is 10.9 Å². The number of pyridine rings is 1. The van der Waals surface area contributed by atoms with Crippen molar-refractivity contribution in [1.82, 2.24) is 24.6 Å². The lowest BCUT2D eigenvalue weighted by Gasteiger charge is -2.47. The highest BCUT2D eigenvalue weighted by Gasteiger charge is 2.40. The number of nitrogens with zero attached hydrogens (tertiary/aromatic N) is 4. The maximum atomic E-state index is 12.7. The third-order valence-electron chi connectivity index (χ3n) is 6.22. The number of piperidine rings is 1. The number of nitrogens with one attached hydrogen (secondary N) is 1. The molecule has 3 atom stereocenters. The molecule has 0 spiro atoms. The molecule has 1 saturated heterocycles. The molecule has 0 aromatic carbocycles. The Balaban J connectivity index is 1.56. The topological polar surface area (TPSA) is 81.4 Å². The highest BCUT2D eigenvalue weighted by Crippen LogP contribution is 2.41. The van der Waals surface area contributed by atoms with Gasteiger partial charge in [0.2, 0.25) is 5.91 Å². The summed E-state index contributed by atoms with van der Waals surface area (Å²) < 4.78 is 8.83. The number of aryl methyl sites for hydroxylation is 1. The standard InChI is InChI=1S/C21H29N5O3/c1-24-17(6-8-23-24)14-25-12-15-10-16(13-25)19(11-22-20(27)7-9-29-2)26-18(15)4-3-5-21(26)28/h3-6,8,15-16,19H,7,9-14H2,1-2H3,(H,22,27)/t15-,16+,19+/m1/s1. The van der Waals surface area contributed by atoms with E-state index in [0.717, 1.165) is 31.7 Å². The molecule has 4 heterocycles. The summed E-state index contributed by atoms with van der Waals surface area (Å²) in [5.41, 5.74) is 2.29. The molecule has 2 bridgehead atoms. The van der Waals surface area contributed by atoms with Crippen molar-refractivity contribution in [2.75, 3.05) is 33.4 Å². The number of likely N-dealkylation sites (tertiary alicyclic amines) is 1. The summed E-state index contributed by atoms with van der Waals surface area (Å²) in [6.07, 6.45) is 3.21. The van der Waals surface area contributed by atoms with Gasteiger partial charge in [-0.05, 0) is 24.5 Å². The molecule has 2 aliphatic rings. The van der Waals surface area contributed by atoms with Crippen LogP contribution in [0.1, 0.15) is 36.2 Å². The highest BCUT2D eigenvalue weighted by molar-refractivity contribution is 5.75. The number of hydrogen-bond acceptors (Lipinski definition) is 5. The maximum Gasteiger partial charge on any atom is 0.251 e. The lowest BCUT2D eigenvalue weighted by molar-refractivity contribution is -0.122. The van der Waals surface area contributed by atoms with E-state index in [1.54, 1.807) is 13.2 Å². The smallest absolute Gasteiger partial charge is 0.251 e. The van der Waals surface area contributed by atoms with E-state index in [4.69, 9.17) is 4.74 Å². The zero-order chi connectivity index (χ0) is 20.4. The molecule has 8 nitrogen and oxygen atoms in total. The average molecular weight is 399 g/mol. The predicted octanol–water partition coefficient (Wildman–Crippen LogP) is 0.895. The Morgan fingerprint density at radius 1 is 1.31 bits per heavy atom. The van der Waals surface area contributed by atoms with E-state index < -0.39 is 0 Å². The molecule has 0 unspecified atom stereocenters. The Kier molecular flexibility index (Phi) is 5.82. The largest absolute Gasteiger partial charge is 0.384 e. The minimum atomic E-state index is -0.0398. The van der Waals surface area contributed by atoms with Gasteiger partial charge in [-0.1, -0.05) is 6.07 Å². The lowest BCUT2D eigenvalue weighted by Crippen LogP contribution is -2.51. The van der Waals surface area contributed by atoms with Crippen LogP contribution >= 0.6 is 0 Å². The number of amides is 1. The molecular formula is C21H29N5O3. The summed E-state index contributed by atoms with van der Waals surface area (Å²) in [5.74, 6) is 0.607. The summed E-state index contributed by atoms with van der Waals surface area (Å²) in [4.78, 5) is 27.3. The monoisotopic (exact) mass is 399 g/mol. The van der Waals surface area contributed by atoms with Crippen molar-refractivity contribution >= 4 is 5.91 Å². The van der Waals surface area contributed by atoms with Crippen LogP contribution in [0.5, 0.6) is 0 Å². The molecule has 1 N–H and O–H groups in total. The first-order chi connectivity index (χ1) is 14.1. The van der Waals surface area contributed by atoms with Crippen molar-refractivity contribution in [2.45, 2.75) is 31.3 Å². The van der Waals surface area contributed by atoms with E-state index in [9.17, 15) is 9.59 Å². The Morgan fingerprint density at radius 2 is 2.17 bits per heavy atom. The van der Waals surface area contributed by atoms with Crippen molar-refractivity contribution in [3.63, 3.8) is 0 Å². The summed E-state index contributed by atoms with van der Waals surface area (Å²) in [5, 5.41) is 7.29. The van der Waals surface area contributed by atoms with Crippen LogP contribution in [0.4, 0.5) is 0 Å². The van der Waals surface area contributed by atoms with E-state index in [1.165, 1.54) is 5.69 Å². The minimum Gasteiger partial charge on any atom is -0.384 e. The second kappa shape index (κ2) is 8.51. The van der Waals surface area contributed by atoms with E-state index in [1.807, 2.05) is 28.6 Å². The van der Waals surface area contributed by atoms with Gasteiger partial charge in [0, 0.05) is 70.6 Å². The van der Waals surface area contributed by atoms with Gasteiger partial charge in [-0.3, -0.25) is 19.2 Å². The summed E-state index contributed by atoms with van der Waals surface area (Å²) in [7, 11) is 3.55. The zero-order valence-corrected chi connectivity index (χ0v) is 17.1. The van der Waals surface area contributed by atoms with Gasteiger partial charge in [-0.15, -0.1) is 0 Å². The maximum absolute atomic E-state index is 12.7. The Labute approximate surface area is 170 Å². The normalized spacial score (nSPS) is 23.6. The molecule has 8 heteroatoms. The fourth-order valence-electron chi connectivity index (χ4n) is 4.81. The van der Waals surface area contributed by atoms with Gasteiger partial charge < -0.3 is 14.6 Å². The van der Waals surface area contributed by atoms with E-state index >= 15 is 0 Å². The Morgan fingerprint density at radius 3 is 2.93 bits per heavy atom. The van der Waals surface area contributed by atoms with Gasteiger partial charge >= 0.3 is 0 Å². The van der Waals surface area contributed by atoms with Crippen LogP contribution in [-0.4, -0.2) is 58.5 Å². The third kappa shape index (κ3) is 4.13. The molecule has 1 fully saturated rings. The van der Waals surface area contributed by atoms with Crippen molar-refractivity contribution < 1.29 is 9.53 Å². The molecule has 4 rings (SSSR count). The molecule has 2 aromatic heterocycles. The zero-order valence-electron chi connectivity index (χ0n) is 17.1. The number of carbonyl (C=O) groups is 1. The summed E-state index contributed by atoms with van der Waals surface area (Å²) in [6.45, 7) is 3.54. The number of aromatic nitrogens is 3. The van der Waals surface area contributed by atoms with Crippen LogP contribution in [0.15, 0.2) is 35.3 Å². The van der Waals surface area contributed by atoms with E-state index in [-0.39, 0.29) is 17.5 Å². The van der Waals surface area contributed by atoms with Crippen molar-refractivity contribution in [3.05, 3.63) is 52.2 Å². The average Bonchev–Trinajstić information content (AvgIpc) is 3.11. The van der Waals surface area contributed by atoms with Gasteiger partial charge in [0.15, 0.2) is 0 Å². The van der Waals surface area contributed by atoms with Gasteiger partial charge in [0.25, 0.3) is 5.56 Å². The molecule has 2 aromatic rings. The fourth-order valence-corrected chi connectivity index (χ4v) is 4.81. The Hall–Kier alpha value is -2.45. The number of carbonyl (C=O) groups excluding carboxylic acids is 1. The Bertz CT molecular complexity index is 921. The van der Waals surface area contributed by atoms with Crippen molar-refractivity contribution in [3.8, 4) is 0 Å². The summed E-state index contributed by atoms with van der Waals surface area (Å²) in [6, 6.07) is 7.56. The third-order valence-corrected chi connectivity index (χ3v) is 6.22. The number of fused-ring (bicyclic) bond motifs is 4. The second-order valence-electron chi connectivity index (χ2n) is 8.11. The van der Waals surface area contributed by atoms with Crippen LogP contribution in [0.3, 0.4) is 0 Å². The van der Waals surface area contributed by atoms with Crippen LogP contribution in [0.2, 0.25) is 0 Å². The second-order valence-corrected chi connectivity index (χ2v) is 8.11. The number of ether oxygens (including phenoxy) is 1. The number of rotatable bonds is 7. The molecule has 2 aliphatic heterocycles.